The molecule has 0 aliphatic heterocycles. The lowest BCUT2D eigenvalue weighted by Gasteiger charge is -2.12. The smallest absolute Gasteiger partial charge is 0.303 e. The second-order valence-corrected chi connectivity index (χ2v) is 8.36. The number of carboxylic acid groups (broad SMARTS) is 1. The number of thiophene rings is 1. The third-order valence-corrected chi connectivity index (χ3v) is 6.19. The van der Waals surface area contributed by atoms with E-state index < -0.39 is 5.97 Å². The van der Waals surface area contributed by atoms with Gasteiger partial charge in [0.2, 0.25) is 0 Å². The highest BCUT2D eigenvalue weighted by Crippen LogP contribution is 2.32. The van der Waals surface area contributed by atoms with Crippen molar-refractivity contribution in [2.24, 2.45) is 0 Å². The average molecular weight is 433 g/mol. The molecule has 2 aromatic heterocycles. The first-order valence-electron chi connectivity index (χ1n) is 10.5. The van der Waals surface area contributed by atoms with Crippen molar-refractivity contribution in [3.8, 4) is 22.3 Å². The number of nitrogens with zero attached hydrogens (tertiary/aromatic N) is 2. The van der Waals surface area contributed by atoms with Crippen molar-refractivity contribution in [2.45, 2.75) is 39.2 Å². The van der Waals surface area contributed by atoms with Crippen LogP contribution in [-0.4, -0.2) is 20.6 Å². The van der Waals surface area contributed by atoms with E-state index in [4.69, 9.17) is 10.1 Å². The van der Waals surface area contributed by atoms with Gasteiger partial charge >= 0.3 is 5.97 Å². The number of carbonyl (C=O) groups is 1. The molecule has 0 saturated carbocycles. The Morgan fingerprint density at radius 2 is 1.71 bits per heavy atom. The van der Waals surface area contributed by atoms with Crippen LogP contribution < -0.4 is 5.56 Å². The maximum Gasteiger partial charge on any atom is 0.303 e. The second kappa shape index (κ2) is 9.27. The summed E-state index contributed by atoms with van der Waals surface area (Å²) in [4.78, 5) is 29.9. The number of fused-ring (bicyclic) bond motifs is 1. The van der Waals surface area contributed by atoms with E-state index in [1.54, 1.807) is 4.57 Å². The van der Waals surface area contributed by atoms with Crippen molar-refractivity contribution in [3.05, 3.63) is 76.2 Å². The summed E-state index contributed by atoms with van der Waals surface area (Å²) in [6, 6.07) is 18.4. The SMILES string of the molecule is CCCc1nc2scc(-c3ccc(-c4ccccc4)cc3)c2c(=O)n1CCCC(=O)O. The van der Waals surface area contributed by atoms with Crippen molar-refractivity contribution >= 4 is 27.5 Å². The monoisotopic (exact) mass is 432 g/mol. The Labute approximate surface area is 184 Å². The minimum atomic E-state index is -0.853. The molecular weight excluding hydrogens is 408 g/mol. The fourth-order valence-electron chi connectivity index (χ4n) is 3.79. The van der Waals surface area contributed by atoms with E-state index in [2.05, 4.69) is 24.3 Å². The Hall–Kier alpha value is -3.25. The Morgan fingerprint density at radius 3 is 2.39 bits per heavy atom. The number of hydrogen-bond acceptors (Lipinski definition) is 4. The lowest BCUT2D eigenvalue weighted by Crippen LogP contribution is -2.25. The van der Waals surface area contributed by atoms with E-state index in [0.29, 0.717) is 24.8 Å². The molecule has 6 heteroatoms. The number of benzene rings is 2. The Morgan fingerprint density at radius 1 is 1.03 bits per heavy atom. The van der Waals surface area contributed by atoms with Crippen molar-refractivity contribution in [1.29, 1.82) is 0 Å². The largest absolute Gasteiger partial charge is 0.481 e. The van der Waals surface area contributed by atoms with Gasteiger partial charge in [0.25, 0.3) is 5.56 Å². The maximum atomic E-state index is 13.4. The number of rotatable bonds is 8. The van der Waals surface area contributed by atoms with Gasteiger partial charge in [0, 0.05) is 30.3 Å². The minimum absolute atomic E-state index is 0.0352. The van der Waals surface area contributed by atoms with Gasteiger partial charge in [0.05, 0.1) is 5.39 Å². The quantitative estimate of drug-likeness (QED) is 0.393. The van der Waals surface area contributed by atoms with E-state index in [9.17, 15) is 9.59 Å². The Balaban J connectivity index is 1.75. The van der Waals surface area contributed by atoms with Gasteiger partial charge in [-0.25, -0.2) is 4.98 Å². The molecule has 4 rings (SSSR count). The fraction of sp³-hybridized carbons (Fsp3) is 0.240. The zero-order valence-electron chi connectivity index (χ0n) is 17.4. The summed E-state index contributed by atoms with van der Waals surface area (Å²) in [5.74, 6) is -0.118. The van der Waals surface area contributed by atoms with E-state index >= 15 is 0 Å². The highest BCUT2D eigenvalue weighted by Gasteiger charge is 2.17. The molecule has 2 heterocycles. The molecule has 0 amide bonds. The molecule has 0 saturated heterocycles. The summed E-state index contributed by atoms with van der Waals surface area (Å²) < 4.78 is 1.67. The zero-order chi connectivity index (χ0) is 21.8. The minimum Gasteiger partial charge on any atom is -0.481 e. The van der Waals surface area contributed by atoms with E-state index in [1.807, 2.05) is 42.6 Å². The maximum absolute atomic E-state index is 13.4. The first-order chi connectivity index (χ1) is 15.1. The third kappa shape index (κ3) is 4.44. The summed E-state index contributed by atoms with van der Waals surface area (Å²) in [6.07, 6.45) is 2.01. The summed E-state index contributed by atoms with van der Waals surface area (Å²) >= 11 is 1.48. The predicted octanol–water partition coefficient (Wildman–Crippen LogP) is 5.61. The molecule has 0 unspecified atom stereocenters. The van der Waals surface area contributed by atoms with Crippen LogP contribution in [0.4, 0.5) is 0 Å². The second-order valence-electron chi connectivity index (χ2n) is 7.51. The molecule has 0 aliphatic carbocycles. The van der Waals surface area contributed by atoms with Gasteiger partial charge in [-0.15, -0.1) is 11.3 Å². The average Bonchev–Trinajstić information content (AvgIpc) is 3.21. The molecule has 0 spiro atoms. The van der Waals surface area contributed by atoms with Crippen LogP contribution in [0.15, 0.2) is 64.8 Å². The van der Waals surface area contributed by atoms with Gasteiger partial charge in [-0.3, -0.25) is 14.2 Å². The summed E-state index contributed by atoms with van der Waals surface area (Å²) in [7, 11) is 0. The van der Waals surface area contributed by atoms with Crippen LogP contribution in [0.1, 0.15) is 32.0 Å². The predicted molar refractivity (Wildman–Crippen MR) is 126 cm³/mol. The zero-order valence-corrected chi connectivity index (χ0v) is 18.2. The van der Waals surface area contributed by atoms with Gasteiger partial charge < -0.3 is 5.11 Å². The van der Waals surface area contributed by atoms with Crippen LogP contribution in [0, 0.1) is 0 Å². The topological polar surface area (TPSA) is 72.2 Å². The van der Waals surface area contributed by atoms with Crippen molar-refractivity contribution in [3.63, 3.8) is 0 Å². The fourth-order valence-corrected chi connectivity index (χ4v) is 4.74. The van der Waals surface area contributed by atoms with Crippen LogP contribution >= 0.6 is 11.3 Å². The number of carboxylic acids is 1. The highest BCUT2D eigenvalue weighted by atomic mass is 32.1. The Bertz CT molecular complexity index is 1260. The van der Waals surface area contributed by atoms with Crippen molar-refractivity contribution < 1.29 is 9.90 Å². The molecular formula is C25H24N2O3S. The summed E-state index contributed by atoms with van der Waals surface area (Å²) in [5, 5.41) is 11.6. The van der Waals surface area contributed by atoms with Crippen LogP contribution in [0.25, 0.3) is 32.5 Å². The first kappa shape index (κ1) is 21.0. The van der Waals surface area contributed by atoms with E-state index in [0.717, 1.165) is 39.3 Å². The molecule has 0 radical (unpaired) electrons. The first-order valence-corrected chi connectivity index (χ1v) is 11.3. The molecule has 1 N–H and O–H groups in total. The van der Waals surface area contributed by atoms with E-state index in [1.165, 1.54) is 11.3 Å². The van der Waals surface area contributed by atoms with Gasteiger partial charge in [0.1, 0.15) is 10.7 Å². The molecule has 0 atom stereocenters. The standard InChI is InChI=1S/C25H24N2O3S/c1-2-7-21-26-24-23(25(30)27(21)15-6-10-22(28)29)20(16-31-24)19-13-11-18(12-14-19)17-8-4-3-5-9-17/h3-5,8-9,11-14,16H,2,6-7,10,15H2,1H3,(H,28,29). The van der Waals surface area contributed by atoms with Gasteiger partial charge in [0.15, 0.2) is 0 Å². The number of aromatic nitrogens is 2. The van der Waals surface area contributed by atoms with Gasteiger partial charge in [-0.1, -0.05) is 61.5 Å². The Kier molecular flexibility index (Phi) is 6.28. The number of hydrogen-bond donors (Lipinski definition) is 1. The van der Waals surface area contributed by atoms with Crippen molar-refractivity contribution in [1.82, 2.24) is 9.55 Å². The van der Waals surface area contributed by atoms with Crippen LogP contribution in [0.2, 0.25) is 0 Å². The summed E-state index contributed by atoms with van der Waals surface area (Å²) in [5.41, 5.74) is 4.05. The molecule has 0 aliphatic rings. The lowest BCUT2D eigenvalue weighted by atomic mass is 10.0. The molecule has 4 aromatic rings. The molecule has 2 aromatic carbocycles. The van der Waals surface area contributed by atoms with Crippen LogP contribution in [0.3, 0.4) is 0 Å². The van der Waals surface area contributed by atoms with Gasteiger partial charge in [-0.05, 0) is 29.5 Å². The van der Waals surface area contributed by atoms with Crippen LogP contribution in [0.5, 0.6) is 0 Å². The lowest BCUT2D eigenvalue weighted by molar-refractivity contribution is -0.137. The normalized spacial score (nSPS) is 11.1. The van der Waals surface area contributed by atoms with Crippen molar-refractivity contribution in [2.75, 3.05) is 0 Å². The van der Waals surface area contributed by atoms with Gasteiger partial charge in [-0.2, -0.15) is 0 Å². The third-order valence-electron chi connectivity index (χ3n) is 5.32. The molecule has 5 nitrogen and oxygen atoms in total. The number of aliphatic carboxylic acids is 1. The summed E-state index contributed by atoms with van der Waals surface area (Å²) in [6.45, 7) is 2.41. The van der Waals surface area contributed by atoms with Crippen LogP contribution in [-0.2, 0) is 17.8 Å². The number of aryl methyl sites for hydroxylation is 1. The van der Waals surface area contributed by atoms with E-state index in [-0.39, 0.29) is 12.0 Å². The molecule has 31 heavy (non-hydrogen) atoms. The molecule has 0 fully saturated rings. The molecule has 0 bridgehead atoms. The molecule has 158 valence electrons. The highest BCUT2D eigenvalue weighted by molar-refractivity contribution is 7.17.